The fourth-order valence-electron chi connectivity index (χ4n) is 2.07. The Bertz CT molecular complexity index is 756. The third-order valence-corrected chi connectivity index (χ3v) is 4.54. The van der Waals surface area contributed by atoms with E-state index in [1.54, 1.807) is 24.3 Å². The zero-order valence-electron chi connectivity index (χ0n) is 14.6. The topological polar surface area (TPSA) is 69.2 Å². The van der Waals surface area contributed by atoms with Gasteiger partial charge < -0.3 is 14.2 Å². The van der Waals surface area contributed by atoms with Crippen LogP contribution in [0.1, 0.15) is 5.56 Å². The van der Waals surface area contributed by atoms with Crippen LogP contribution in [-0.4, -0.2) is 39.2 Å². The van der Waals surface area contributed by atoms with Crippen LogP contribution in [0.3, 0.4) is 0 Å². The summed E-state index contributed by atoms with van der Waals surface area (Å²) in [6.45, 7) is 0. The molecule has 0 aliphatic heterocycles. The molecular weight excluding hydrogens is 376 g/mol. The first-order valence-electron chi connectivity index (χ1n) is 7.57. The predicted molar refractivity (Wildman–Crippen MR) is 104 cm³/mol. The molecule has 26 heavy (non-hydrogen) atoms. The molecule has 2 aromatic carbocycles. The van der Waals surface area contributed by atoms with E-state index >= 15 is 0 Å². The van der Waals surface area contributed by atoms with Gasteiger partial charge >= 0.3 is 0 Å². The first-order chi connectivity index (χ1) is 12.6. The van der Waals surface area contributed by atoms with E-state index < -0.39 is 0 Å². The number of nitrogens with zero attached hydrogens (tertiary/aromatic N) is 1. The highest BCUT2D eigenvalue weighted by atomic mass is 35.5. The summed E-state index contributed by atoms with van der Waals surface area (Å²) in [5.74, 6) is 1.55. The van der Waals surface area contributed by atoms with Crippen molar-refractivity contribution in [1.82, 2.24) is 5.43 Å². The van der Waals surface area contributed by atoms with Gasteiger partial charge in [-0.15, -0.1) is 11.8 Å². The zero-order chi connectivity index (χ0) is 18.9. The third kappa shape index (κ3) is 5.57. The Morgan fingerprint density at radius 1 is 1.12 bits per heavy atom. The Kier molecular flexibility index (Phi) is 7.62. The first kappa shape index (κ1) is 19.9. The van der Waals surface area contributed by atoms with E-state index in [0.717, 1.165) is 4.90 Å². The molecule has 0 bridgehead atoms. The zero-order valence-corrected chi connectivity index (χ0v) is 16.2. The van der Waals surface area contributed by atoms with E-state index in [0.29, 0.717) is 27.8 Å². The van der Waals surface area contributed by atoms with Crippen molar-refractivity contribution in [3.05, 3.63) is 47.0 Å². The molecule has 138 valence electrons. The van der Waals surface area contributed by atoms with Crippen LogP contribution in [0.2, 0.25) is 5.02 Å². The summed E-state index contributed by atoms with van der Waals surface area (Å²) < 4.78 is 15.8. The highest BCUT2D eigenvalue weighted by Crippen LogP contribution is 2.37. The summed E-state index contributed by atoms with van der Waals surface area (Å²) in [4.78, 5) is 12.8. The molecule has 0 aliphatic carbocycles. The Balaban J connectivity index is 1.94. The number of nitrogens with one attached hydrogen (secondary N) is 1. The molecule has 0 spiro atoms. The number of hydrazone groups is 1. The Labute approximate surface area is 161 Å². The van der Waals surface area contributed by atoms with E-state index in [1.807, 2.05) is 12.1 Å². The van der Waals surface area contributed by atoms with Gasteiger partial charge in [0.2, 0.25) is 11.7 Å². The Morgan fingerprint density at radius 2 is 1.73 bits per heavy atom. The highest BCUT2D eigenvalue weighted by molar-refractivity contribution is 8.00. The number of carbonyl (C=O) groups is 1. The second kappa shape index (κ2) is 9.94. The molecule has 0 aromatic heterocycles. The summed E-state index contributed by atoms with van der Waals surface area (Å²) >= 11 is 7.23. The van der Waals surface area contributed by atoms with Crippen LogP contribution in [0.15, 0.2) is 46.4 Å². The van der Waals surface area contributed by atoms with Gasteiger partial charge in [0.25, 0.3) is 0 Å². The van der Waals surface area contributed by atoms with Crippen LogP contribution in [0.4, 0.5) is 0 Å². The summed E-state index contributed by atoms with van der Waals surface area (Å²) in [5, 5.41) is 4.62. The minimum absolute atomic E-state index is 0.214. The largest absolute Gasteiger partial charge is 0.493 e. The maximum absolute atomic E-state index is 11.9. The minimum atomic E-state index is -0.214. The molecule has 0 saturated heterocycles. The lowest BCUT2D eigenvalue weighted by Gasteiger charge is -2.12. The molecule has 0 saturated carbocycles. The first-order valence-corrected chi connectivity index (χ1v) is 8.94. The van der Waals surface area contributed by atoms with Gasteiger partial charge in [0.1, 0.15) is 0 Å². The summed E-state index contributed by atoms with van der Waals surface area (Å²) in [6.07, 6.45) is 1.51. The van der Waals surface area contributed by atoms with Crippen molar-refractivity contribution in [2.45, 2.75) is 4.90 Å². The molecular formula is C18H19ClN2O4S. The van der Waals surface area contributed by atoms with Gasteiger partial charge in [-0.2, -0.15) is 5.10 Å². The Morgan fingerprint density at radius 3 is 2.27 bits per heavy atom. The van der Waals surface area contributed by atoms with Crippen LogP contribution in [-0.2, 0) is 4.79 Å². The van der Waals surface area contributed by atoms with Crippen LogP contribution in [0.25, 0.3) is 0 Å². The fourth-order valence-corrected chi connectivity index (χ4v) is 2.88. The van der Waals surface area contributed by atoms with Crippen LogP contribution >= 0.6 is 23.4 Å². The van der Waals surface area contributed by atoms with E-state index in [4.69, 9.17) is 25.8 Å². The molecule has 0 aliphatic rings. The Hall–Kier alpha value is -2.38. The maximum Gasteiger partial charge on any atom is 0.250 e. The number of carbonyl (C=O) groups excluding carboxylic acids is 1. The number of hydrogen-bond donors (Lipinski definition) is 1. The average molecular weight is 395 g/mol. The highest BCUT2D eigenvalue weighted by Gasteiger charge is 2.12. The minimum Gasteiger partial charge on any atom is -0.493 e. The normalized spacial score (nSPS) is 10.6. The van der Waals surface area contributed by atoms with Gasteiger partial charge in [-0.05, 0) is 36.4 Å². The number of amides is 1. The molecule has 0 heterocycles. The standard InChI is InChI=1S/C18H19ClN2O4S/c1-23-15-8-12(9-16(24-2)18(15)25-3)10-20-21-17(22)11-26-14-6-4-13(19)5-7-14/h4-10H,11H2,1-3H3,(H,21,22)/b20-10-. The quantitative estimate of drug-likeness (QED) is 0.421. The van der Waals surface area contributed by atoms with Crippen LogP contribution in [0, 0.1) is 0 Å². The number of ether oxygens (including phenoxy) is 3. The van der Waals surface area contributed by atoms with Crippen LogP contribution < -0.4 is 19.6 Å². The lowest BCUT2D eigenvalue weighted by atomic mass is 10.2. The number of thioether (sulfide) groups is 1. The number of hydrogen-bond acceptors (Lipinski definition) is 6. The second-order valence-electron chi connectivity index (χ2n) is 4.99. The smallest absolute Gasteiger partial charge is 0.250 e. The molecule has 8 heteroatoms. The monoisotopic (exact) mass is 394 g/mol. The van der Waals surface area contributed by atoms with Gasteiger partial charge in [-0.3, -0.25) is 4.79 Å². The number of benzene rings is 2. The van der Waals surface area contributed by atoms with E-state index in [9.17, 15) is 4.79 Å². The van der Waals surface area contributed by atoms with Crippen molar-refractivity contribution >= 4 is 35.5 Å². The molecule has 2 rings (SSSR count). The van der Waals surface area contributed by atoms with E-state index in [-0.39, 0.29) is 11.7 Å². The molecule has 0 radical (unpaired) electrons. The number of methoxy groups -OCH3 is 3. The third-order valence-electron chi connectivity index (χ3n) is 3.27. The van der Waals surface area contributed by atoms with Crippen LogP contribution in [0.5, 0.6) is 17.2 Å². The molecule has 0 atom stereocenters. The van der Waals surface area contributed by atoms with Crippen molar-refractivity contribution in [1.29, 1.82) is 0 Å². The average Bonchev–Trinajstić information content (AvgIpc) is 2.66. The van der Waals surface area contributed by atoms with Crippen molar-refractivity contribution in [2.75, 3.05) is 27.1 Å². The van der Waals surface area contributed by atoms with Gasteiger partial charge in [0.05, 0.1) is 33.3 Å². The lowest BCUT2D eigenvalue weighted by Crippen LogP contribution is -2.19. The van der Waals surface area contributed by atoms with Crippen molar-refractivity contribution in [3.8, 4) is 17.2 Å². The molecule has 0 unspecified atom stereocenters. The van der Waals surface area contributed by atoms with Crippen molar-refractivity contribution in [2.24, 2.45) is 5.10 Å². The summed E-state index contributed by atoms with van der Waals surface area (Å²) in [6, 6.07) is 10.8. The molecule has 1 N–H and O–H groups in total. The van der Waals surface area contributed by atoms with E-state index in [1.165, 1.54) is 39.3 Å². The van der Waals surface area contributed by atoms with Gasteiger partial charge in [0, 0.05) is 15.5 Å². The van der Waals surface area contributed by atoms with Gasteiger partial charge in [-0.25, -0.2) is 5.43 Å². The summed E-state index contributed by atoms with van der Waals surface area (Å²) in [5.41, 5.74) is 3.19. The lowest BCUT2D eigenvalue weighted by molar-refractivity contribution is -0.118. The molecule has 1 amide bonds. The molecule has 2 aromatic rings. The summed E-state index contributed by atoms with van der Waals surface area (Å²) in [7, 11) is 4.61. The number of halogens is 1. The number of rotatable bonds is 8. The maximum atomic E-state index is 11.9. The van der Waals surface area contributed by atoms with Gasteiger partial charge in [-0.1, -0.05) is 11.6 Å². The molecule has 6 nitrogen and oxygen atoms in total. The van der Waals surface area contributed by atoms with Gasteiger partial charge in [0.15, 0.2) is 11.5 Å². The molecule has 0 fully saturated rings. The fraction of sp³-hybridized carbons (Fsp3) is 0.222. The van der Waals surface area contributed by atoms with Crippen molar-refractivity contribution < 1.29 is 19.0 Å². The van der Waals surface area contributed by atoms with Crippen molar-refractivity contribution in [3.63, 3.8) is 0 Å². The SMILES string of the molecule is COc1cc(/C=N\NC(=O)CSc2ccc(Cl)cc2)cc(OC)c1OC. The van der Waals surface area contributed by atoms with E-state index in [2.05, 4.69) is 10.5 Å². The predicted octanol–water partition coefficient (Wildman–Crippen LogP) is 3.61. The second-order valence-corrected chi connectivity index (χ2v) is 6.48.